The summed E-state index contributed by atoms with van der Waals surface area (Å²) in [5, 5.41) is 11.5. The lowest BCUT2D eigenvalue weighted by molar-refractivity contribution is -0.106. The van der Waals surface area contributed by atoms with Crippen molar-refractivity contribution in [1.29, 1.82) is 5.26 Å². The quantitative estimate of drug-likeness (QED) is 0.687. The molecule has 0 spiro atoms. The summed E-state index contributed by atoms with van der Waals surface area (Å²) in [5.74, 6) is 0. The van der Waals surface area contributed by atoms with Crippen LogP contribution in [0.3, 0.4) is 0 Å². The van der Waals surface area contributed by atoms with E-state index in [0.717, 1.165) is 5.69 Å². The summed E-state index contributed by atoms with van der Waals surface area (Å²) in [5.41, 5.74) is 5.15. The summed E-state index contributed by atoms with van der Waals surface area (Å²) in [6, 6.07) is 11.7. The van der Waals surface area contributed by atoms with Gasteiger partial charge >= 0.3 is 0 Å². The molecular formula is C10H13N3O. The van der Waals surface area contributed by atoms with Gasteiger partial charge < -0.3 is 11.1 Å². The van der Waals surface area contributed by atoms with Crippen LogP contribution in [0.1, 0.15) is 6.92 Å². The third kappa shape index (κ3) is 5.61. The highest BCUT2D eigenvalue weighted by molar-refractivity contribution is 5.44. The molecule has 3 N–H and O–H groups in total. The number of hydrogen-bond donors (Lipinski definition) is 2. The molecule has 0 aromatic heterocycles. The number of carbonyl (C=O) groups excluding carboxylic acids is 1. The zero-order valence-corrected chi connectivity index (χ0v) is 7.97. The molecule has 1 aromatic carbocycles. The second-order valence-electron chi connectivity index (χ2n) is 2.50. The fourth-order valence-electron chi connectivity index (χ4n) is 0.817. The van der Waals surface area contributed by atoms with E-state index >= 15 is 0 Å². The Morgan fingerprint density at radius 2 is 2.00 bits per heavy atom. The lowest BCUT2D eigenvalue weighted by Crippen LogP contribution is -2.11. The van der Waals surface area contributed by atoms with Gasteiger partial charge in [0.1, 0.15) is 6.04 Å². The number of nitrogens with zero attached hydrogens (tertiary/aromatic N) is 1. The number of amides is 1. The van der Waals surface area contributed by atoms with Crippen molar-refractivity contribution in [2.75, 3.05) is 5.32 Å². The predicted octanol–water partition coefficient (Wildman–Crippen LogP) is 1.11. The Balaban J connectivity index is 0.000000500. The van der Waals surface area contributed by atoms with Crippen LogP contribution in [-0.4, -0.2) is 12.5 Å². The van der Waals surface area contributed by atoms with Gasteiger partial charge in [-0.1, -0.05) is 18.2 Å². The third-order valence-electron chi connectivity index (χ3n) is 1.35. The number of carbonyl (C=O) groups is 1. The zero-order chi connectivity index (χ0) is 10.8. The SMILES string of the molecule is CC(C#N)Nc1ccccc1.NC=O. The first kappa shape index (κ1) is 12.0. The molecule has 0 aliphatic rings. The predicted molar refractivity (Wildman–Crippen MR) is 55.4 cm³/mol. The fourth-order valence-corrected chi connectivity index (χ4v) is 0.817. The number of nitrogens with one attached hydrogen (secondary N) is 1. The first-order chi connectivity index (χ1) is 6.74. The number of nitrogens with two attached hydrogens (primary N) is 1. The molecule has 0 heterocycles. The summed E-state index contributed by atoms with van der Waals surface area (Å²) in [6.45, 7) is 1.83. The first-order valence-electron chi connectivity index (χ1n) is 4.11. The molecule has 1 rings (SSSR count). The van der Waals surface area contributed by atoms with E-state index in [-0.39, 0.29) is 12.5 Å². The highest BCUT2D eigenvalue weighted by atomic mass is 16.1. The molecule has 0 saturated heterocycles. The highest BCUT2D eigenvalue weighted by Crippen LogP contribution is 2.05. The monoisotopic (exact) mass is 191 g/mol. The average Bonchev–Trinajstić information content (AvgIpc) is 2.20. The van der Waals surface area contributed by atoms with E-state index in [4.69, 9.17) is 10.1 Å². The molecule has 0 radical (unpaired) electrons. The normalized spacial score (nSPS) is 10.0. The van der Waals surface area contributed by atoms with Crippen molar-refractivity contribution < 1.29 is 4.79 Å². The number of primary amides is 1. The molecule has 1 unspecified atom stereocenters. The van der Waals surface area contributed by atoms with Crippen LogP contribution in [0, 0.1) is 11.3 Å². The molecule has 14 heavy (non-hydrogen) atoms. The Labute approximate surface area is 83.3 Å². The van der Waals surface area contributed by atoms with E-state index in [1.54, 1.807) is 0 Å². The van der Waals surface area contributed by atoms with Crippen molar-refractivity contribution in [2.45, 2.75) is 13.0 Å². The van der Waals surface area contributed by atoms with Gasteiger partial charge in [-0.25, -0.2) is 0 Å². The van der Waals surface area contributed by atoms with Crippen molar-refractivity contribution in [3.8, 4) is 6.07 Å². The van der Waals surface area contributed by atoms with E-state index in [0.29, 0.717) is 0 Å². The van der Waals surface area contributed by atoms with Crippen LogP contribution in [0.25, 0.3) is 0 Å². The number of rotatable bonds is 2. The minimum absolute atomic E-state index is 0.127. The molecule has 4 nitrogen and oxygen atoms in total. The summed E-state index contributed by atoms with van der Waals surface area (Å²) < 4.78 is 0. The molecule has 1 amide bonds. The number of benzene rings is 1. The smallest absolute Gasteiger partial charge is 0.204 e. The van der Waals surface area contributed by atoms with Crippen molar-refractivity contribution in [1.82, 2.24) is 0 Å². The van der Waals surface area contributed by atoms with Gasteiger partial charge in [0.15, 0.2) is 0 Å². The molecule has 74 valence electrons. The van der Waals surface area contributed by atoms with Crippen LogP contribution in [0.2, 0.25) is 0 Å². The Morgan fingerprint density at radius 3 is 2.43 bits per heavy atom. The minimum atomic E-state index is -0.127. The first-order valence-corrected chi connectivity index (χ1v) is 4.11. The van der Waals surface area contributed by atoms with Gasteiger partial charge in [0.05, 0.1) is 6.07 Å². The lowest BCUT2D eigenvalue weighted by Gasteiger charge is -2.05. The summed E-state index contributed by atoms with van der Waals surface area (Å²) >= 11 is 0. The largest absolute Gasteiger partial charge is 0.372 e. The van der Waals surface area contributed by atoms with E-state index < -0.39 is 0 Å². The standard InChI is InChI=1S/C9H10N2.CH3NO/c1-8(7-10)11-9-5-3-2-4-6-9;2-1-3/h2-6,8,11H,1H3;1H,(H2,2,3). The van der Waals surface area contributed by atoms with Crippen LogP contribution in [-0.2, 0) is 4.79 Å². The molecule has 4 heteroatoms. The Morgan fingerprint density at radius 1 is 1.50 bits per heavy atom. The maximum Gasteiger partial charge on any atom is 0.204 e. The molecule has 0 bridgehead atoms. The highest BCUT2D eigenvalue weighted by Gasteiger charge is 1.95. The minimum Gasteiger partial charge on any atom is -0.372 e. The Kier molecular flexibility index (Phi) is 6.52. The van der Waals surface area contributed by atoms with Crippen molar-refractivity contribution in [3.05, 3.63) is 30.3 Å². The zero-order valence-electron chi connectivity index (χ0n) is 7.97. The second kappa shape index (κ2) is 7.62. The van der Waals surface area contributed by atoms with Crippen LogP contribution in [0.5, 0.6) is 0 Å². The van der Waals surface area contributed by atoms with Crippen molar-refractivity contribution in [3.63, 3.8) is 0 Å². The average molecular weight is 191 g/mol. The van der Waals surface area contributed by atoms with Gasteiger partial charge in [-0.15, -0.1) is 0 Å². The van der Waals surface area contributed by atoms with Gasteiger partial charge in [-0.3, -0.25) is 4.79 Å². The van der Waals surface area contributed by atoms with Gasteiger partial charge in [0.25, 0.3) is 0 Å². The van der Waals surface area contributed by atoms with E-state index in [1.165, 1.54) is 0 Å². The number of hydrogen-bond acceptors (Lipinski definition) is 3. The van der Waals surface area contributed by atoms with Gasteiger partial charge in [-0.2, -0.15) is 5.26 Å². The maximum absolute atomic E-state index is 8.58. The Hall–Kier alpha value is -2.02. The second-order valence-corrected chi connectivity index (χ2v) is 2.50. The van der Waals surface area contributed by atoms with Crippen LogP contribution >= 0.6 is 0 Å². The Bertz CT molecular complexity index is 292. The molecular weight excluding hydrogens is 178 g/mol. The third-order valence-corrected chi connectivity index (χ3v) is 1.35. The molecule has 0 fully saturated rings. The lowest BCUT2D eigenvalue weighted by atomic mass is 10.3. The topological polar surface area (TPSA) is 78.9 Å². The van der Waals surface area contributed by atoms with E-state index in [2.05, 4.69) is 17.1 Å². The molecule has 1 aromatic rings. The summed E-state index contributed by atoms with van der Waals surface area (Å²) in [4.78, 5) is 8.58. The molecule has 0 aliphatic heterocycles. The summed E-state index contributed by atoms with van der Waals surface area (Å²) in [6.07, 6.45) is 0.250. The van der Waals surface area contributed by atoms with Gasteiger partial charge in [0, 0.05) is 5.69 Å². The maximum atomic E-state index is 8.58. The molecule has 0 saturated carbocycles. The van der Waals surface area contributed by atoms with Crippen LogP contribution in [0.4, 0.5) is 5.69 Å². The van der Waals surface area contributed by atoms with E-state index in [1.807, 2.05) is 37.3 Å². The van der Waals surface area contributed by atoms with E-state index in [9.17, 15) is 0 Å². The number of nitriles is 1. The number of anilines is 1. The van der Waals surface area contributed by atoms with Gasteiger partial charge in [-0.05, 0) is 19.1 Å². The summed E-state index contributed by atoms with van der Waals surface area (Å²) in [7, 11) is 0. The fraction of sp³-hybridized carbons (Fsp3) is 0.200. The number of para-hydroxylation sites is 1. The van der Waals surface area contributed by atoms with Gasteiger partial charge in [0.2, 0.25) is 6.41 Å². The molecule has 1 atom stereocenters. The molecule has 0 aliphatic carbocycles. The van der Waals surface area contributed by atoms with Crippen molar-refractivity contribution >= 4 is 12.1 Å². The van der Waals surface area contributed by atoms with Crippen LogP contribution in [0.15, 0.2) is 30.3 Å². The van der Waals surface area contributed by atoms with Crippen LogP contribution < -0.4 is 11.1 Å². The van der Waals surface area contributed by atoms with Crippen molar-refractivity contribution in [2.24, 2.45) is 5.73 Å².